The quantitative estimate of drug-likeness (QED) is 0.799. The molecule has 1 aromatic carbocycles. The van der Waals surface area contributed by atoms with E-state index in [1.807, 2.05) is 0 Å². The summed E-state index contributed by atoms with van der Waals surface area (Å²) in [5.41, 5.74) is 0.515. The van der Waals surface area contributed by atoms with Crippen molar-refractivity contribution < 1.29 is 24.5 Å². The summed E-state index contributed by atoms with van der Waals surface area (Å²) in [6.07, 6.45) is -1.67. The van der Waals surface area contributed by atoms with Crippen LogP contribution in [0.5, 0.6) is 11.5 Å². The number of hydrogen-bond donors (Lipinski definition) is 2. The number of ether oxygens (including phenoxy) is 2. The molecular weight excluding hydrogens is 280 g/mol. The van der Waals surface area contributed by atoms with Gasteiger partial charge in [-0.2, -0.15) is 0 Å². The van der Waals surface area contributed by atoms with Crippen LogP contribution in [-0.4, -0.2) is 41.4 Å². The zero-order valence-corrected chi connectivity index (χ0v) is 12.6. The summed E-state index contributed by atoms with van der Waals surface area (Å²) >= 11 is 1.13. The lowest BCUT2D eigenvalue weighted by Crippen LogP contribution is -2.19. The van der Waals surface area contributed by atoms with Crippen molar-refractivity contribution in [1.82, 2.24) is 0 Å². The maximum Gasteiger partial charge on any atom is 0.185 e. The Morgan fingerprint density at radius 3 is 2.20 bits per heavy atom. The highest BCUT2D eigenvalue weighted by molar-refractivity contribution is 8.13. The molecule has 2 atom stereocenters. The van der Waals surface area contributed by atoms with Gasteiger partial charge >= 0.3 is 0 Å². The van der Waals surface area contributed by atoms with Crippen molar-refractivity contribution in [3.63, 3.8) is 0 Å². The van der Waals surface area contributed by atoms with Gasteiger partial charge in [-0.3, -0.25) is 4.79 Å². The number of aliphatic hydroxyl groups excluding tert-OH is 2. The second-order valence-corrected chi connectivity index (χ2v) is 5.56. The van der Waals surface area contributed by atoms with Gasteiger partial charge in [-0.25, -0.2) is 0 Å². The van der Waals surface area contributed by atoms with Crippen LogP contribution in [0, 0.1) is 0 Å². The Hall–Kier alpha value is -1.24. The van der Waals surface area contributed by atoms with E-state index in [0.29, 0.717) is 29.2 Å². The lowest BCUT2D eigenvalue weighted by molar-refractivity contribution is -0.109. The molecule has 1 rings (SSSR count). The van der Waals surface area contributed by atoms with E-state index in [2.05, 4.69) is 0 Å². The molecule has 0 aliphatic rings. The molecule has 0 aliphatic carbocycles. The Bertz CT molecular complexity index is 427. The van der Waals surface area contributed by atoms with Gasteiger partial charge in [-0.15, -0.1) is 0 Å². The molecular formula is C14H20O5S. The lowest BCUT2D eigenvalue weighted by Gasteiger charge is -2.19. The minimum absolute atomic E-state index is 0.00487. The number of aliphatic hydroxyl groups is 2. The fourth-order valence-corrected chi connectivity index (χ4v) is 2.35. The Labute approximate surface area is 122 Å². The molecule has 5 nitrogen and oxygen atoms in total. The van der Waals surface area contributed by atoms with Crippen molar-refractivity contribution in [2.45, 2.75) is 25.6 Å². The molecule has 0 aliphatic heterocycles. The first-order valence-electron chi connectivity index (χ1n) is 6.20. The zero-order valence-electron chi connectivity index (χ0n) is 11.8. The molecule has 0 fully saturated rings. The van der Waals surface area contributed by atoms with E-state index in [1.54, 1.807) is 18.2 Å². The summed E-state index contributed by atoms with van der Waals surface area (Å²) in [4.78, 5) is 10.8. The lowest BCUT2D eigenvalue weighted by atomic mass is 10.0. The van der Waals surface area contributed by atoms with Crippen molar-refractivity contribution in [2.75, 3.05) is 20.0 Å². The van der Waals surface area contributed by atoms with E-state index in [1.165, 1.54) is 21.1 Å². The molecule has 2 unspecified atom stereocenters. The third-order valence-electron chi connectivity index (χ3n) is 2.80. The van der Waals surface area contributed by atoms with Crippen LogP contribution in [0.25, 0.3) is 0 Å². The predicted octanol–water partition coefficient (Wildman–Crippen LogP) is 1.77. The molecule has 1 aromatic rings. The van der Waals surface area contributed by atoms with Gasteiger partial charge in [0.15, 0.2) is 5.12 Å². The maximum atomic E-state index is 10.8. The van der Waals surface area contributed by atoms with E-state index in [9.17, 15) is 15.0 Å². The van der Waals surface area contributed by atoms with Crippen LogP contribution in [0.2, 0.25) is 0 Å². The topological polar surface area (TPSA) is 76.0 Å². The van der Waals surface area contributed by atoms with E-state index in [0.717, 1.165) is 11.8 Å². The molecule has 0 saturated heterocycles. The molecule has 112 valence electrons. The molecule has 6 heteroatoms. The minimum atomic E-state index is -1.05. The standard InChI is InChI=1S/C14H20O5S/c1-9(15)20-5-4-13(16)14(17)10-6-11(18-2)8-12(7-10)19-3/h6-8,13-14,16-17H,4-5H2,1-3H3. The number of benzene rings is 1. The Balaban J connectivity index is 2.74. The first kappa shape index (κ1) is 16.8. The number of thioether (sulfide) groups is 1. The second-order valence-electron chi connectivity index (χ2n) is 4.29. The SMILES string of the molecule is COc1cc(OC)cc(C(O)C(O)CCSC(C)=O)c1. The third-order valence-corrected chi connectivity index (χ3v) is 3.65. The van der Waals surface area contributed by atoms with E-state index < -0.39 is 12.2 Å². The van der Waals surface area contributed by atoms with Crippen molar-refractivity contribution in [2.24, 2.45) is 0 Å². The summed E-state index contributed by atoms with van der Waals surface area (Å²) in [5.74, 6) is 1.56. The fourth-order valence-electron chi connectivity index (χ4n) is 1.70. The van der Waals surface area contributed by atoms with Crippen molar-refractivity contribution >= 4 is 16.9 Å². The summed E-state index contributed by atoms with van der Waals surface area (Å²) in [5, 5.41) is 20.1. The van der Waals surface area contributed by atoms with Gasteiger partial charge in [-0.1, -0.05) is 11.8 Å². The van der Waals surface area contributed by atoms with Crippen LogP contribution in [0.1, 0.15) is 25.0 Å². The van der Waals surface area contributed by atoms with Crippen LogP contribution < -0.4 is 9.47 Å². The molecule has 20 heavy (non-hydrogen) atoms. The van der Waals surface area contributed by atoms with Crippen LogP contribution in [0.3, 0.4) is 0 Å². The van der Waals surface area contributed by atoms with E-state index >= 15 is 0 Å². The van der Waals surface area contributed by atoms with Crippen LogP contribution in [0.15, 0.2) is 18.2 Å². The van der Waals surface area contributed by atoms with Crippen LogP contribution in [-0.2, 0) is 4.79 Å². The van der Waals surface area contributed by atoms with Crippen molar-refractivity contribution in [3.05, 3.63) is 23.8 Å². The number of methoxy groups -OCH3 is 2. The number of hydrogen-bond acceptors (Lipinski definition) is 6. The molecule has 0 radical (unpaired) electrons. The number of carbonyl (C=O) groups is 1. The molecule has 0 amide bonds. The Morgan fingerprint density at radius 2 is 1.75 bits per heavy atom. The van der Waals surface area contributed by atoms with Crippen LogP contribution in [0.4, 0.5) is 0 Å². The van der Waals surface area contributed by atoms with E-state index in [4.69, 9.17) is 9.47 Å². The molecule has 0 spiro atoms. The average molecular weight is 300 g/mol. The Morgan fingerprint density at radius 1 is 1.20 bits per heavy atom. The largest absolute Gasteiger partial charge is 0.497 e. The van der Waals surface area contributed by atoms with Gasteiger partial charge in [0.25, 0.3) is 0 Å². The first-order valence-corrected chi connectivity index (χ1v) is 7.19. The van der Waals surface area contributed by atoms with Gasteiger partial charge < -0.3 is 19.7 Å². The number of rotatable bonds is 7. The predicted molar refractivity (Wildman–Crippen MR) is 78.3 cm³/mol. The zero-order chi connectivity index (χ0) is 15.1. The highest BCUT2D eigenvalue weighted by atomic mass is 32.2. The van der Waals surface area contributed by atoms with Gasteiger partial charge in [-0.05, 0) is 24.1 Å². The van der Waals surface area contributed by atoms with Gasteiger partial charge in [0.1, 0.15) is 17.6 Å². The van der Waals surface area contributed by atoms with Crippen molar-refractivity contribution in [3.8, 4) is 11.5 Å². The van der Waals surface area contributed by atoms with Gasteiger partial charge in [0, 0.05) is 18.7 Å². The molecule has 0 heterocycles. The third kappa shape index (κ3) is 5.03. The summed E-state index contributed by atoms with van der Waals surface area (Å²) in [6, 6.07) is 4.98. The smallest absolute Gasteiger partial charge is 0.185 e. The Kier molecular flexibility index (Phi) is 6.84. The number of carbonyl (C=O) groups excluding carboxylic acids is 1. The molecule has 0 bridgehead atoms. The molecule has 0 aromatic heterocycles. The van der Waals surface area contributed by atoms with Gasteiger partial charge in [0.05, 0.1) is 20.3 Å². The summed E-state index contributed by atoms with van der Waals surface area (Å²) in [6.45, 7) is 1.47. The highest BCUT2D eigenvalue weighted by Crippen LogP contribution is 2.29. The first-order chi connectivity index (χ1) is 9.47. The minimum Gasteiger partial charge on any atom is -0.497 e. The van der Waals surface area contributed by atoms with Crippen LogP contribution >= 0.6 is 11.8 Å². The molecule has 0 saturated carbocycles. The molecule has 2 N–H and O–H groups in total. The fraction of sp³-hybridized carbons (Fsp3) is 0.500. The van der Waals surface area contributed by atoms with Gasteiger partial charge in [0.2, 0.25) is 0 Å². The normalized spacial score (nSPS) is 13.7. The summed E-state index contributed by atoms with van der Waals surface area (Å²) < 4.78 is 10.2. The monoisotopic (exact) mass is 300 g/mol. The van der Waals surface area contributed by atoms with E-state index in [-0.39, 0.29) is 5.12 Å². The summed E-state index contributed by atoms with van der Waals surface area (Å²) in [7, 11) is 3.04. The van der Waals surface area contributed by atoms with Crippen molar-refractivity contribution in [1.29, 1.82) is 0 Å². The highest BCUT2D eigenvalue weighted by Gasteiger charge is 2.20. The maximum absolute atomic E-state index is 10.8. The average Bonchev–Trinajstić information content (AvgIpc) is 2.45. The second kappa shape index (κ2) is 8.14.